The molecule has 17 rings (SSSR count). The van der Waals surface area contributed by atoms with Crippen molar-refractivity contribution in [2.24, 2.45) is 41.2 Å². The van der Waals surface area contributed by atoms with E-state index in [2.05, 4.69) is 53.2 Å². The number of aryl methyl sites for hydroxylation is 1. The Morgan fingerprint density at radius 3 is 1.96 bits per heavy atom. The first-order chi connectivity index (χ1) is 59.5. The summed E-state index contributed by atoms with van der Waals surface area (Å²) in [7, 11) is 1.49. The number of nitrogens with two attached hydrogens (primary N) is 1. The monoisotopic (exact) mass is 1750 g/mol. The molecule has 21 N–H and O–H groups in total. The Morgan fingerprint density at radius 1 is 0.672 bits per heavy atom. The van der Waals surface area contributed by atoms with E-state index < -0.39 is 215 Å². The number of carbonyl (C=O) groups excluding carboxylic acids is 9. The van der Waals surface area contributed by atoms with Crippen molar-refractivity contribution in [3.05, 3.63) is 147 Å². The third-order valence-electron chi connectivity index (χ3n) is 25.2. The van der Waals surface area contributed by atoms with E-state index in [9.17, 15) is 55.5 Å². The summed E-state index contributed by atoms with van der Waals surface area (Å²) < 4.78 is 39.3. The third-order valence-corrected chi connectivity index (χ3v) is 25.5. The Morgan fingerprint density at radius 2 is 1.31 bits per heavy atom. The number of hydrogen-bond acceptors (Lipinski definition) is 27. The standard InChI is InChI=1S/C89H108ClN11O24/c1-8-93-19-20-120-52-14-9-41(10-15-52)28-64(106)94-87(118)73-88(119)97-69-49-31-61(122-59-17-12-45(22-39(59)4)74(107)71(86(117)101-73)99-81(112)56(92-7)21-38(2)3)78(124-63-33-50(37-102)76(109)77(110)79(63)125-65-36-89(6,91)80(111)40(5)121-65)62(32-49)123-60-18-13-46(30-55(60)90)75(108)72-85(116)98-70(84(115)95-67-47-24-42-23-43(26-47)27-48(67)25-42)54-34-51(103)35-58(105)66(54)53-29-44(11-16-57(53)104)68(82(113)100-72)96-83(69)114/h9-18,22,29-32,34-35,38,40,42-43,47-48,50,56,63,65,67-77,79-80,92-93,102-105,107-111H,8,19-21,23-28,33,36-37,91H2,1-7H3,(H,95,115)(H,96,114)(H,97,119)(H,98,116)(H,99,112)(H,100,113)(H,101,117)(H,94,106,118)/t40-,42?,43?,47?,48?,50+,56+,63+,65-,67?,68+,69+,70-,71+,72-,73?,74+,75+,76+,77-,79-,80+,89-/m0/s1. The number of benzene rings is 6. The zero-order valence-corrected chi connectivity index (χ0v) is 70.6. The van der Waals surface area contributed by atoms with Gasteiger partial charge < -0.3 is 128 Å². The molecule has 670 valence electrons. The molecule has 6 fully saturated rings. The topological polar surface area (TPSA) is 537 Å². The second-order valence-corrected chi connectivity index (χ2v) is 35.2. The normalized spacial score (nSPS) is 30.3. The highest BCUT2D eigenvalue weighted by atomic mass is 35.5. The van der Waals surface area contributed by atoms with Crippen LogP contribution in [0.15, 0.2) is 103 Å². The molecule has 35 nitrogen and oxygen atoms in total. The van der Waals surface area contributed by atoms with Gasteiger partial charge in [-0.25, -0.2) is 0 Å². The summed E-state index contributed by atoms with van der Waals surface area (Å²) in [6, 6.07) is 6.53. The van der Waals surface area contributed by atoms with Gasteiger partial charge in [-0.3, -0.25) is 48.5 Å². The van der Waals surface area contributed by atoms with Crippen LogP contribution < -0.4 is 77.8 Å². The van der Waals surface area contributed by atoms with Gasteiger partial charge in [0.2, 0.25) is 47.1 Å². The highest BCUT2D eigenvalue weighted by Gasteiger charge is 2.53. The predicted octanol–water partition coefficient (Wildman–Crippen LogP) is 3.28. The van der Waals surface area contributed by atoms with Crippen molar-refractivity contribution in [2.45, 2.75) is 208 Å². The minimum atomic E-state index is -2.69. The second kappa shape index (κ2) is 37.8. The largest absolute Gasteiger partial charge is 0.508 e. The van der Waals surface area contributed by atoms with Crippen LogP contribution >= 0.6 is 11.6 Å². The molecule has 6 heterocycles. The number of rotatable bonds is 20. The van der Waals surface area contributed by atoms with E-state index in [1.54, 1.807) is 38.1 Å². The summed E-state index contributed by atoms with van der Waals surface area (Å²) in [5, 5.41) is 134. The van der Waals surface area contributed by atoms with Crippen LogP contribution in [0.1, 0.15) is 155 Å². The van der Waals surface area contributed by atoms with Crippen LogP contribution in [0.3, 0.4) is 0 Å². The number of aliphatic hydroxyl groups is 6. The first kappa shape index (κ1) is 90.4. The van der Waals surface area contributed by atoms with Gasteiger partial charge in [0.25, 0.3) is 11.8 Å². The van der Waals surface area contributed by atoms with Gasteiger partial charge in [-0.15, -0.1) is 0 Å². The molecule has 9 amide bonds. The van der Waals surface area contributed by atoms with Crippen LogP contribution in [0.2, 0.25) is 5.02 Å². The lowest BCUT2D eigenvalue weighted by Gasteiger charge is -2.54. The minimum Gasteiger partial charge on any atom is -0.508 e. The number of aromatic hydroxyl groups is 3. The van der Waals surface area contributed by atoms with Crippen molar-refractivity contribution in [1.29, 1.82) is 0 Å². The highest BCUT2D eigenvalue weighted by molar-refractivity contribution is 6.32. The Bertz CT molecular complexity index is 5070. The summed E-state index contributed by atoms with van der Waals surface area (Å²) in [5.41, 5.74) is 3.71. The smallest absolute Gasteiger partial charge is 0.258 e. The van der Waals surface area contributed by atoms with Crippen LogP contribution in [0.4, 0.5) is 0 Å². The molecule has 0 aromatic heterocycles. The first-order valence-electron chi connectivity index (χ1n) is 42.2. The SMILES string of the molecule is CCNCCOc1ccc(CC(=O)NC(=O)C2NC(=O)[C@H](NC(=O)[C@@H](CC(C)C)NC)[C@H](O)c3ccc(c(C)c3)Oc3cc4cc(c3O[C@@H]3C[C@H](CO)[C@@H](O)[C@H](O)[C@H]3O[C@H]3C[C@](C)(N)[C@H](O)[C@H](C)O3)Oc3ccc(cc3Cl)[C@@H](O)[C@@H]3NC(=O)[C@H](NC(=O)[C@@H]4NC2=O)c2ccc(O)c(c2)-c2c(O)cc(O)cc2[C@@H](C(=O)NC2C4CC5CC(C4)CC2C5)NC3=O)cc1. The molecule has 5 saturated carbocycles. The minimum absolute atomic E-state index is 0.0611. The molecule has 125 heavy (non-hydrogen) atoms. The fraction of sp³-hybridized carbons (Fsp3) is 0.494. The van der Waals surface area contributed by atoms with Crippen molar-refractivity contribution in [3.8, 4) is 62.9 Å². The maximum atomic E-state index is 16.7. The zero-order chi connectivity index (χ0) is 89.5. The van der Waals surface area contributed by atoms with Gasteiger partial charge in [0, 0.05) is 54.3 Å². The van der Waals surface area contributed by atoms with Crippen molar-refractivity contribution >= 4 is 64.8 Å². The maximum absolute atomic E-state index is 16.7. The van der Waals surface area contributed by atoms with E-state index in [-0.39, 0.29) is 98.5 Å². The molecule has 36 heteroatoms. The van der Waals surface area contributed by atoms with Gasteiger partial charge in [-0.1, -0.05) is 62.7 Å². The summed E-state index contributed by atoms with van der Waals surface area (Å²) in [4.78, 5) is 140. The van der Waals surface area contributed by atoms with Gasteiger partial charge in [0.1, 0.15) is 102 Å². The Kier molecular flexibility index (Phi) is 27.3. The molecular formula is C89H108ClN11O24. The van der Waals surface area contributed by atoms with Gasteiger partial charge in [-0.05, 0) is 215 Å². The summed E-state index contributed by atoms with van der Waals surface area (Å²) >= 11 is 7.32. The van der Waals surface area contributed by atoms with E-state index >= 15 is 33.6 Å². The number of aliphatic hydroxyl groups excluding tert-OH is 6. The van der Waals surface area contributed by atoms with Crippen molar-refractivity contribution in [3.63, 3.8) is 0 Å². The number of ether oxygens (including phenoxy) is 6. The Hall–Kier alpha value is -10.8. The summed E-state index contributed by atoms with van der Waals surface area (Å²) in [5.74, 6) is -15.2. The molecule has 6 aromatic rings. The van der Waals surface area contributed by atoms with Crippen LogP contribution in [0, 0.1) is 42.4 Å². The van der Waals surface area contributed by atoms with Crippen LogP contribution in [0.25, 0.3) is 11.1 Å². The number of carbonyl (C=O) groups is 9. The molecule has 0 spiro atoms. The van der Waals surface area contributed by atoms with Crippen molar-refractivity contribution in [2.75, 3.05) is 33.4 Å². The molecule has 0 radical (unpaired) electrons. The summed E-state index contributed by atoms with van der Waals surface area (Å²) in [6.07, 6.45) is -11.1. The third kappa shape index (κ3) is 19.6. The lowest BCUT2D eigenvalue weighted by molar-refractivity contribution is -0.286. The van der Waals surface area contributed by atoms with E-state index in [0.717, 1.165) is 80.6 Å². The molecule has 11 aliphatic rings. The van der Waals surface area contributed by atoms with Crippen molar-refractivity contribution < 1.29 is 118 Å². The van der Waals surface area contributed by atoms with Crippen molar-refractivity contribution in [1.82, 2.24) is 53.2 Å². The number of phenols is 3. The molecule has 15 bridgehead atoms. The number of halogens is 1. The van der Waals surface area contributed by atoms with Crippen LogP contribution in [-0.2, 0) is 59.0 Å². The van der Waals surface area contributed by atoms with E-state index in [0.29, 0.717) is 42.8 Å². The van der Waals surface area contributed by atoms with Gasteiger partial charge in [0.15, 0.2) is 23.8 Å². The maximum Gasteiger partial charge on any atom is 0.258 e. The average molecular weight is 1750 g/mol. The predicted molar refractivity (Wildman–Crippen MR) is 447 cm³/mol. The molecule has 1 saturated heterocycles. The number of imide groups is 1. The van der Waals surface area contributed by atoms with Gasteiger partial charge in [-0.2, -0.15) is 0 Å². The van der Waals surface area contributed by atoms with E-state index in [1.807, 2.05) is 20.8 Å². The quantitative estimate of drug-likeness (QED) is 0.0385. The molecule has 6 aromatic carbocycles. The number of phenolic OH excluding ortho intramolecular Hbond substituents is 3. The highest BCUT2D eigenvalue weighted by Crippen LogP contribution is 2.55. The Balaban J connectivity index is 0.961. The van der Waals surface area contributed by atoms with Crippen LogP contribution in [0.5, 0.6) is 51.7 Å². The number of likely N-dealkylation sites (N-methyl/N-ethyl adjacent to an activating group) is 2. The fourth-order valence-electron chi connectivity index (χ4n) is 18.9. The number of nitrogens with one attached hydrogen (secondary N) is 10. The average Bonchev–Trinajstić information content (AvgIpc) is 0.754. The summed E-state index contributed by atoms with van der Waals surface area (Å²) in [6.45, 7) is 11.0. The zero-order valence-electron chi connectivity index (χ0n) is 69.9. The van der Waals surface area contributed by atoms with Gasteiger partial charge in [0.05, 0.1) is 35.8 Å². The lowest BCUT2D eigenvalue weighted by Crippen LogP contribution is -2.63. The number of amides is 9. The number of fused-ring (bicyclic) bond motifs is 15. The second-order valence-electron chi connectivity index (χ2n) is 34.8. The van der Waals surface area contributed by atoms with E-state index in [4.69, 9.17) is 45.8 Å². The molecule has 18 atom stereocenters. The van der Waals surface area contributed by atoms with Crippen LogP contribution in [-0.4, -0.2) is 211 Å². The molecule has 5 aliphatic carbocycles. The number of hydrogen-bond donors (Lipinski definition) is 20. The first-order valence-corrected chi connectivity index (χ1v) is 42.6. The molecule has 6 aliphatic heterocycles. The molecule has 1 unspecified atom stereocenters. The lowest BCUT2D eigenvalue weighted by atomic mass is 9.54. The fourth-order valence-corrected chi connectivity index (χ4v) is 19.2. The molecular weight excluding hydrogens is 1640 g/mol. The van der Waals surface area contributed by atoms with Gasteiger partial charge >= 0.3 is 0 Å². The Labute approximate surface area is 724 Å². The van der Waals surface area contributed by atoms with E-state index in [1.165, 1.54) is 44.3 Å².